The van der Waals surface area contributed by atoms with E-state index in [-0.39, 0.29) is 0 Å². The number of benzene rings is 1. The van der Waals surface area contributed by atoms with Crippen molar-refractivity contribution in [3.8, 4) is 0 Å². The van der Waals surface area contributed by atoms with Crippen LogP contribution in [-0.2, 0) is 6.54 Å². The molecule has 0 amide bonds. The van der Waals surface area contributed by atoms with Crippen LogP contribution in [0.25, 0.3) is 11.0 Å². The molecule has 132 valence electrons. The standard InChI is InChI=1S/C19H20N6S/c26-19(21-13-15-5-2-1-3-6-15)25-11-9-24(10-12-25)18-16-7-4-8-20-17(16)22-14-23-18/h1-8,14H,9-13H2,(H,21,26). The molecule has 0 spiro atoms. The second-order valence-corrected chi connectivity index (χ2v) is 6.58. The summed E-state index contributed by atoms with van der Waals surface area (Å²) in [6.07, 6.45) is 3.34. The fourth-order valence-electron chi connectivity index (χ4n) is 3.14. The van der Waals surface area contributed by atoms with Gasteiger partial charge in [-0.1, -0.05) is 30.3 Å². The first-order valence-corrected chi connectivity index (χ1v) is 9.09. The highest BCUT2D eigenvalue weighted by Crippen LogP contribution is 2.22. The fourth-order valence-corrected chi connectivity index (χ4v) is 3.40. The van der Waals surface area contributed by atoms with Gasteiger partial charge in [0.05, 0.1) is 5.39 Å². The molecule has 0 radical (unpaired) electrons. The van der Waals surface area contributed by atoms with E-state index in [0.29, 0.717) is 0 Å². The van der Waals surface area contributed by atoms with Crippen LogP contribution in [0, 0.1) is 0 Å². The van der Waals surface area contributed by atoms with E-state index in [2.05, 4.69) is 42.2 Å². The summed E-state index contributed by atoms with van der Waals surface area (Å²) in [6, 6.07) is 14.3. The molecular weight excluding hydrogens is 344 g/mol. The van der Waals surface area contributed by atoms with Crippen molar-refractivity contribution in [3.63, 3.8) is 0 Å². The predicted molar refractivity (Wildman–Crippen MR) is 107 cm³/mol. The molecular formula is C19H20N6S. The molecule has 26 heavy (non-hydrogen) atoms. The molecule has 1 aromatic carbocycles. The number of rotatable bonds is 3. The summed E-state index contributed by atoms with van der Waals surface area (Å²) in [4.78, 5) is 17.5. The first kappa shape index (κ1) is 16.7. The molecule has 3 heterocycles. The van der Waals surface area contributed by atoms with Crippen LogP contribution >= 0.6 is 12.2 Å². The summed E-state index contributed by atoms with van der Waals surface area (Å²) < 4.78 is 0. The third-order valence-corrected chi connectivity index (χ3v) is 4.94. The Morgan fingerprint density at radius 1 is 0.962 bits per heavy atom. The van der Waals surface area contributed by atoms with Gasteiger partial charge in [0, 0.05) is 38.9 Å². The quantitative estimate of drug-likeness (QED) is 0.715. The minimum atomic E-state index is 0.736. The maximum atomic E-state index is 5.57. The fraction of sp³-hybridized carbons (Fsp3) is 0.263. The lowest BCUT2D eigenvalue weighted by molar-refractivity contribution is 0.379. The lowest BCUT2D eigenvalue weighted by atomic mass is 10.2. The van der Waals surface area contributed by atoms with Crippen molar-refractivity contribution in [1.82, 2.24) is 25.2 Å². The second kappa shape index (κ2) is 7.61. The smallest absolute Gasteiger partial charge is 0.169 e. The molecule has 1 fully saturated rings. The van der Waals surface area contributed by atoms with Crippen LogP contribution in [0.1, 0.15) is 5.56 Å². The minimum Gasteiger partial charge on any atom is -0.358 e. The zero-order valence-electron chi connectivity index (χ0n) is 14.4. The third kappa shape index (κ3) is 3.57. The monoisotopic (exact) mass is 364 g/mol. The van der Waals surface area contributed by atoms with Gasteiger partial charge in [0.25, 0.3) is 0 Å². The van der Waals surface area contributed by atoms with Crippen LogP contribution in [0.4, 0.5) is 5.82 Å². The van der Waals surface area contributed by atoms with Gasteiger partial charge in [-0.3, -0.25) is 0 Å². The molecule has 0 saturated carbocycles. The first-order chi connectivity index (χ1) is 12.8. The normalized spacial score (nSPS) is 14.5. The second-order valence-electron chi connectivity index (χ2n) is 6.19. The number of piperazine rings is 1. The lowest BCUT2D eigenvalue weighted by Gasteiger charge is -2.37. The van der Waals surface area contributed by atoms with E-state index in [1.54, 1.807) is 12.5 Å². The molecule has 1 saturated heterocycles. The molecule has 0 bridgehead atoms. The van der Waals surface area contributed by atoms with Gasteiger partial charge in [-0.15, -0.1) is 0 Å². The Labute approximate surface area is 157 Å². The maximum Gasteiger partial charge on any atom is 0.169 e. The van der Waals surface area contributed by atoms with Crippen molar-refractivity contribution in [3.05, 3.63) is 60.6 Å². The van der Waals surface area contributed by atoms with E-state index < -0.39 is 0 Å². The highest BCUT2D eigenvalue weighted by Gasteiger charge is 2.21. The van der Waals surface area contributed by atoms with Crippen molar-refractivity contribution >= 4 is 34.2 Å². The van der Waals surface area contributed by atoms with Crippen molar-refractivity contribution in [2.75, 3.05) is 31.1 Å². The van der Waals surface area contributed by atoms with Gasteiger partial charge < -0.3 is 15.1 Å². The molecule has 0 aliphatic carbocycles. The van der Waals surface area contributed by atoms with E-state index >= 15 is 0 Å². The SMILES string of the molecule is S=C(NCc1ccccc1)N1CCN(c2ncnc3ncccc23)CC1. The van der Waals surface area contributed by atoms with Crippen LogP contribution in [-0.4, -0.2) is 51.1 Å². The number of thiocarbonyl (C=S) groups is 1. The van der Waals surface area contributed by atoms with Gasteiger partial charge >= 0.3 is 0 Å². The molecule has 2 aromatic heterocycles. The van der Waals surface area contributed by atoms with Crippen LogP contribution in [0.3, 0.4) is 0 Å². The van der Waals surface area contributed by atoms with E-state index in [1.165, 1.54) is 5.56 Å². The zero-order valence-corrected chi connectivity index (χ0v) is 15.2. The third-order valence-electron chi connectivity index (χ3n) is 4.54. The molecule has 1 aliphatic rings. The first-order valence-electron chi connectivity index (χ1n) is 8.68. The number of nitrogens with one attached hydrogen (secondary N) is 1. The van der Waals surface area contributed by atoms with Crippen LogP contribution in [0.5, 0.6) is 0 Å². The summed E-state index contributed by atoms with van der Waals surface area (Å²) in [5, 5.41) is 5.16. The summed E-state index contributed by atoms with van der Waals surface area (Å²) in [7, 11) is 0. The number of hydrogen-bond donors (Lipinski definition) is 1. The lowest BCUT2D eigenvalue weighted by Crippen LogP contribution is -2.51. The van der Waals surface area contributed by atoms with E-state index in [0.717, 1.165) is 54.7 Å². The highest BCUT2D eigenvalue weighted by atomic mass is 32.1. The van der Waals surface area contributed by atoms with Crippen molar-refractivity contribution in [2.45, 2.75) is 6.54 Å². The van der Waals surface area contributed by atoms with Gasteiger partial charge in [0.1, 0.15) is 12.1 Å². The average Bonchev–Trinajstić information content (AvgIpc) is 2.72. The molecule has 0 atom stereocenters. The van der Waals surface area contributed by atoms with Crippen LogP contribution < -0.4 is 10.2 Å². The molecule has 1 aliphatic heterocycles. The number of fused-ring (bicyclic) bond motifs is 1. The molecule has 4 rings (SSSR count). The van der Waals surface area contributed by atoms with Crippen LogP contribution in [0.2, 0.25) is 0 Å². The molecule has 1 N–H and O–H groups in total. The van der Waals surface area contributed by atoms with Gasteiger partial charge in [0.15, 0.2) is 10.8 Å². The summed E-state index contributed by atoms with van der Waals surface area (Å²) in [5.74, 6) is 0.950. The molecule has 0 unspecified atom stereocenters. The van der Waals surface area contributed by atoms with E-state index in [4.69, 9.17) is 12.2 Å². The molecule has 7 heteroatoms. The topological polar surface area (TPSA) is 57.2 Å². The number of pyridine rings is 1. The number of aromatic nitrogens is 3. The Morgan fingerprint density at radius 2 is 1.77 bits per heavy atom. The predicted octanol–water partition coefficient (Wildman–Crippen LogP) is 2.22. The van der Waals surface area contributed by atoms with Gasteiger partial charge in [0.2, 0.25) is 0 Å². The number of hydrogen-bond acceptors (Lipinski definition) is 5. The minimum absolute atomic E-state index is 0.736. The Bertz CT molecular complexity index is 887. The highest BCUT2D eigenvalue weighted by molar-refractivity contribution is 7.80. The Hall–Kier alpha value is -2.80. The van der Waals surface area contributed by atoms with Gasteiger partial charge in [-0.2, -0.15) is 0 Å². The van der Waals surface area contributed by atoms with Crippen molar-refractivity contribution < 1.29 is 0 Å². The largest absolute Gasteiger partial charge is 0.358 e. The Kier molecular flexibility index (Phi) is 4.88. The molecule has 3 aromatic rings. The Morgan fingerprint density at radius 3 is 2.58 bits per heavy atom. The van der Waals surface area contributed by atoms with Crippen LogP contribution in [0.15, 0.2) is 55.0 Å². The van der Waals surface area contributed by atoms with E-state index in [9.17, 15) is 0 Å². The number of anilines is 1. The van der Waals surface area contributed by atoms with Gasteiger partial charge in [-0.25, -0.2) is 15.0 Å². The summed E-state index contributed by atoms with van der Waals surface area (Å²) in [5.41, 5.74) is 1.97. The maximum absolute atomic E-state index is 5.57. The zero-order chi connectivity index (χ0) is 17.8. The number of nitrogens with zero attached hydrogens (tertiary/aromatic N) is 5. The van der Waals surface area contributed by atoms with Crippen molar-refractivity contribution in [1.29, 1.82) is 0 Å². The summed E-state index contributed by atoms with van der Waals surface area (Å²) in [6.45, 7) is 4.23. The summed E-state index contributed by atoms with van der Waals surface area (Å²) >= 11 is 5.57. The average molecular weight is 364 g/mol. The van der Waals surface area contributed by atoms with Gasteiger partial charge in [-0.05, 0) is 29.9 Å². The molecule has 6 nitrogen and oxygen atoms in total. The van der Waals surface area contributed by atoms with E-state index in [1.807, 2.05) is 30.3 Å². The van der Waals surface area contributed by atoms with Crippen molar-refractivity contribution in [2.24, 2.45) is 0 Å². The Balaban J connectivity index is 1.37.